The minimum atomic E-state index is -0.478. The number of hydrogen-bond acceptors (Lipinski definition) is 6. The molecular formula is C25H40O6. The van der Waals surface area contributed by atoms with Gasteiger partial charge in [-0.1, -0.05) is 43.2 Å². The van der Waals surface area contributed by atoms with Gasteiger partial charge in [-0.05, 0) is 58.3 Å². The van der Waals surface area contributed by atoms with Gasteiger partial charge < -0.3 is 19.7 Å². The van der Waals surface area contributed by atoms with Gasteiger partial charge >= 0.3 is 11.9 Å². The van der Waals surface area contributed by atoms with E-state index in [1.807, 2.05) is 26.8 Å². The lowest BCUT2D eigenvalue weighted by molar-refractivity contribution is -0.180. The molecule has 1 aliphatic heterocycles. The van der Waals surface area contributed by atoms with Crippen LogP contribution in [0.1, 0.15) is 66.7 Å². The average molecular weight is 437 g/mol. The number of aliphatic hydroxyl groups is 2. The number of ether oxygens (including phenoxy) is 2. The van der Waals surface area contributed by atoms with Crippen molar-refractivity contribution < 1.29 is 29.3 Å². The van der Waals surface area contributed by atoms with Gasteiger partial charge in [0.2, 0.25) is 0 Å². The predicted molar refractivity (Wildman–Crippen MR) is 121 cm³/mol. The standard InChI is InChI=1S/C25H40O6/c1-6-17(2)13-19(4)14-20(5)25-22(8-10-24(29)31-25)30-23(28)9-7-18(3)15-21(16-27)11-12-26/h6-7,9,15,19-22,25-27H,8,10-14,16H2,1-5H3/b9-7+,17-6+,18-15+/t19-,20-,21+,22+,25+/m0/s1. The van der Waals surface area contributed by atoms with E-state index in [9.17, 15) is 14.7 Å². The lowest BCUT2D eigenvalue weighted by Crippen LogP contribution is -2.43. The SMILES string of the molecule is C/C=C(\C)C[C@H](C)C[C@H](C)[C@H]1OC(=O)CC[C@H]1OC(=O)/C=C/C(C)=C/[C@H](CO)CCO. The highest BCUT2D eigenvalue weighted by Crippen LogP contribution is 2.30. The van der Waals surface area contributed by atoms with Crippen LogP contribution in [0.5, 0.6) is 0 Å². The summed E-state index contributed by atoms with van der Waals surface area (Å²) in [5, 5.41) is 18.3. The van der Waals surface area contributed by atoms with E-state index in [1.54, 1.807) is 6.08 Å². The summed E-state index contributed by atoms with van der Waals surface area (Å²) in [5.41, 5.74) is 2.14. The number of rotatable bonds is 12. The zero-order chi connectivity index (χ0) is 23.4. The summed E-state index contributed by atoms with van der Waals surface area (Å²) in [6.45, 7) is 10.1. The van der Waals surface area contributed by atoms with Crippen LogP contribution in [-0.2, 0) is 19.1 Å². The normalized spacial score (nSPS) is 23.4. The third-order valence-corrected chi connectivity index (χ3v) is 5.75. The molecule has 0 radical (unpaired) electrons. The molecule has 2 N–H and O–H groups in total. The summed E-state index contributed by atoms with van der Waals surface area (Å²) in [4.78, 5) is 24.3. The second-order valence-corrected chi connectivity index (χ2v) is 8.82. The molecule has 1 saturated heterocycles. The molecule has 1 fully saturated rings. The van der Waals surface area contributed by atoms with E-state index in [2.05, 4.69) is 19.9 Å². The van der Waals surface area contributed by atoms with Gasteiger partial charge in [0.15, 0.2) is 0 Å². The Morgan fingerprint density at radius 3 is 2.58 bits per heavy atom. The number of hydrogen-bond donors (Lipinski definition) is 2. The van der Waals surface area contributed by atoms with E-state index < -0.39 is 18.2 Å². The van der Waals surface area contributed by atoms with E-state index in [4.69, 9.17) is 14.6 Å². The van der Waals surface area contributed by atoms with Gasteiger partial charge in [-0.2, -0.15) is 0 Å². The topological polar surface area (TPSA) is 93.1 Å². The molecule has 1 heterocycles. The van der Waals surface area contributed by atoms with Crippen LogP contribution in [-0.4, -0.2) is 47.6 Å². The Labute approximate surface area is 187 Å². The summed E-state index contributed by atoms with van der Waals surface area (Å²) in [6.07, 6.45) is 9.08. The fraction of sp³-hybridized carbons (Fsp3) is 0.680. The van der Waals surface area contributed by atoms with Gasteiger partial charge in [0.25, 0.3) is 0 Å². The van der Waals surface area contributed by atoms with Crippen molar-refractivity contribution in [1.29, 1.82) is 0 Å². The smallest absolute Gasteiger partial charge is 0.331 e. The molecule has 0 unspecified atom stereocenters. The summed E-state index contributed by atoms with van der Waals surface area (Å²) in [6, 6.07) is 0. The minimum absolute atomic E-state index is 0.00630. The Balaban J connectivity index is 2.73. The van der Waals surface area contributed by atoms with Crippen LogP contribution in [0.15, 0.2) is 35.5 Å². The van der Waals surface area contributed by atoms with Crippen LogP contribution in [0.3, 0.4) is 0 Å². The van der Waals surface area contributed by atoms with Gasteiger partial charge in [0.1, 0.15) is 12.2 Å². The molecule has 1 rings (SSSR count). The first-order valence-corrected chi connectivity index (χ1v) is 11.3. The predicted octanol–water partition coefficient (Wildman–Crippen LogP) is 4.12. The maximum absolute atomic E-state index is 12.4. The van der Waals surface area contributed by atoms with E-state index in [1.165, 1.54) is 11.6 Å². The fourth-order valence-corrected chi connectivity index (χ4v) is 4.05. The quantitative estimate of drug-likeness (QED) is 0.207. The van der Waals surface area contributed by atoms with Crippen molar-refractivity contribution in [1.82, 2.24) is 0 Å². The first-order valence-electron chi connectivity index (χ1n) is 11.3. The largest absolute Gasteiger partial charge is 0.458 e. The molecule has 0 amide bonds. The van der Waals surface area contributed by atoms with E-state index in [0.29, 0.717) is 18.8 Å². The molecule has 176 valence electrons. The minimum Gasteiger partial charge on any atom is -0.458 e. The van der Waals surface area contributed by atoms with Crippen molar-refractivity contribution in [3.05, 3.63) is 35.5 Å². The number of carbonyl (C=O) groups is 2. The second kappa shape index (κ2) is 14.2. The molecule has 0 aromatic rings. The van der Waals surface area contributed by atoms with Crippen LogP contribution < -0.4 is 0 Å². The highest BCUT2D eigenvalue weighted by Gasteiger charge is 2.37. The summed E-state index contributed by atoms with van der Waals surface area (Å²) < 4.78 is 11.3. The Hall–Kier alpha value is -1.92. The number of carbonyl (C=O) groups excluding carboxylic acids is 2. The molecule has 0 aromatic heterocycles. The summed E-state index contributed by atoms with van der Waals surface area (Å²) in [7, 11) is 0. The van der Waals surface area contributed by atoms with Gasteiger partial charge in [-0.3, -0.25) is 4.79 Å². The lowest BCUT2D eigenvalue weighted by Gasteiger charge is -2.35. The lowest BCUT2D eigenvalue weighted by atomic mass is 9.85. The first kappa shape index (κ1) is 27.1. The number of cyclic esters (lactones) is 1. The first-order chi connectivity index (χ1) is 14.7. The van der Waals surface area contributed by atoms with Gasteiger partial charge in [0.05, 0.1) is 0 Å². The molecule has 0 aromatic carbocycles. The van der Waals surface area contributed by atoms with Crippen LogP contribution in [0, 0.1) is 17.8 Å². The second-order valence-electron chi connectivity index (χ2n) is 8.82. The highest BCUT2D eigenvalue weighted by atomic mass is 16.6. The Morgan fingerprint density at radius 1 is 1.26 bits per heavy atom. The fourth-order valence-electron chi connectivity index (χ4n) is 4.05. The highest BCUT2D eigenvalue weighted by molar-refractivity contribution is 5.82. The molecule has 6 nitrogen and oxygen atoms in total. The molecule has 6 heteroatoms. The molecule has 0 spiro atoms. The molecule has 5 atom stereocenters. The van der Waals surface area contributed by atoms with Crippen molar-refractivity contribution >= 4 is 11.9 Å². The van der Waals surface area contributed by atoms with Crippen molar-refractivity contribution in [2.45, 2.75) is 78.9 Å². The van der Waals surface area contributed by atoms with Crippen molar-refractivity contribution in [3.8, 4) is 0 Å². The zero-order valence-corrected chi connectivity index (χ0v) is 19.7. The number of aliphatic hydroxyl groups excluding tert-OH is 2. The number of allylic oxidation sites excluding steroid dienone is 4. The van der Waals surface area contributed by atoms with Gasteiger partial charge in [0, 0.05) is 31.6 Å². The Bertz CT molecular complexity index is 663. The monoisotopic (exact) mass is 436 g/mol. The third kappa shape index (κ3) is 10.3. The van der Waals surface area contributed by atoms with Crippen molar-refractivity contribution in [2.24, 2.45) is 17.8 Å². The van der Waals surface area contributed by atoms with Crippen LogP contribution in [0.4, 0.5) is 0 Å². The molecule has 0 saturated carbocycles. The molecular weight excluding hydrogens is 396 g/mol. The van der Waals surface area contributed by atoms with E-state index in [-0.39, 0.29) is 37.4 Å². The molecule has 31 heavy (non-hydrogen) atoms. The molecule has 0 aliphatic carbocycles. The maximum Gasteiger partial charge on any atom is 0.331 e. The molecule has 1 aliphatic rings. The summed E-state index contributed by atoms with van der Waals surface area (Å²) in [5.74, 6) is -0.352. The van der Waals surface area contributed by atoms with Gasteiger partial charge in [-0.25, -0.2) is 4.79 Å². The third-order valence-electron chi connectivity index (χ3n) is 5.75. The average Bonchev–Trinajstić information content (AvgIpc) is 2.72. The van der Waals surface area contributed by atoms with Gasteiger partial charge in [-0.15, -0.1) is 0 Å². The summed E-state index contributed by atoms with van der Waals surface area (Å²) >= 11 is 0. The Kier molecular flexibility index (Phi) is 12.4. The Morgan fingerprint density at radius 2 is 1.97 bits per heavy atom. The maximum atomic E-state index is 12.4. The van der Waals surface area contributed by atoms with Crippen molar-refractivity contribution in [3.63, 3.8) is 0 Å². The van der Waals surface area contributed by atoms with E-state index in [0.717, 1.165) is 18.4 Å². The van der Waals surface area contributed by atoms with Crippen LogP contribution in [0.25, 0.3) is 0 Å². The van der Waals surface area contributed by atoms with E-state index >= 15 is 0 Å². The zero-order valence-electron chi connectivity index (χ0n) is 19.7. The number of esters is 2. The van der Waals surface area contributed by atoms with Crippen LogP contribution >= 0.6 is 0 Å². The van der Waals surface area contributed by atoms with Crippen LogP contribution in [0.2, 0.25) is 0 Å². The van der Waals surface area contributed by atoms with Crippen molar-refractivity contribution in [2.75, 3.05) is 13.2 Å². The molecule has 0 bridgehead atoms.